The SMILES string of the molecule is C[C@@H](OCc1ccccc1)[C@@H](OCc1ccccc1)C(CO)N=[N+]=[N-]. The number of hydrogen-bond donors (Lipinski definition) is 1. The normalized spacial score (nSPS) is 14.3. The highest BCUT2D eigenvalue weighted by Crippen LogP contribution is 2.16. The summed E-state index contributed by atoms with van der Waals surface area (Å²) in [5, 5.41) is 13.2. The molecule has 132 valence electrons. The summed E-state index contributed by atoms with van der Waals surface area (Å²) in [6, 6.07) is 18.8. The summed E-state index contributed by atoms with van der Waals surface area (Å²) in [7, 11) is 0. The standard InChI is InChI=1S/C19H23N3O3/c1-15(24-13-16-8-4-2-5-9-16)19(18(12-23)21-22-20)25-14-17-10-6-3-7-11-17/h2-11,15,18-19,23H,12-14H2,1H3/t15-,18?,19-/m1/s1. The Morgan fingerprint density at radius 1 is 0.960 bits per heavy atom. The van der Waals surface area contributed by atoms with Gasteiger partial charge in [0.25, 0.3) is 0 Å². The number of ether oxygens (including phenoxy) is 2. The van der Waals surface area contributed by atoms with E-state index in [1.807, 2.05) is 67.6 Å². The second-order valence-corrected chi connectivity index (χ2v) is 5.72. The Bertz CT molecular complexity index is 660. The average Bonchev–Trinajstić information content (AvgIpc) is 2.67. The van der Waals surface area contributed by atoms with Gasteiger partial charge in [-0.2, -0.15) is 0 Å². The van der Waals surface area contributed by atoms with Crippen LogP contribution in [0.1, 0.15) is 18.1 Å². The van der Waals surface area contributed by atoms with E-state index >= 15 is 0 Å². The van der Waals surface area contributed by atoms with Gasteiger partial charge in [-0.3, -0.25) is 0 Å². The van der Waals surface area contributed by atoms with Gasteiger partial charge in [0.15, 0.2) is 0 Å². The average molecular weight is 341 g/mol. The minimum atomic E-state index is -0.709. The van der Waals surface area contributed by atoms with Crippen molar-refractivity contribution in [2.24, 2.45) is 5.11 Å². The van der Waals surface area contributed by atoms with Crippen LogP contribution in [0.5, 0.6) is 0 Å². The van der Waals surface area contributed by atoms with Crippen LogP contribution in [0, 0.1) is 0 Å². The van der Waals surface area contributed by atoms with Crippen molar-refractivity contribution >= 4 is 0 Å². The van der Waals surface area contributed by atoms with E-state index in [0.29, 0.717) is 13.2 Å². The van der Waals surface area contributed by atoms with Gasteiger partial charge in [0.2, 0.25) is 0 Å². The minimum Gasteiger partial charge on any atom is -0.396 e. The lowest BCUT2D eigenvalue weighted by Gasteiger charge is -2.28. The van der Waals surface area contributed by atoms with E-state index in [1.54, 1.807) is 0 Å². The number of nitrogens with zero attached hydrogens (tertiary/aromatic N) is 3. The van der Waals surface area contributed by atoms with Crippen molar-refractivity contribution in [3.63, 3.8) is 0 Å². The lowest BCUT2D eigenvalue weighted by molar-refractivity contribution is -0.0925. The van der Waals surface area contributed by atoms with Crippen molar-refractivity contribution in [2.75, 3.05) is 6.61 Å². The fourth-order valence-corrected chi connectivity index (χ4v) is 2.50. The summed E-state index contributed by atoms with van der Waals surface area (Å²) in [5.41, 5.74) is 10.8. The smallest absolute Gasteiger partial charge is 0.0945 e. The zero-order valence-electron chi connectivity index (χ0n) is 14.2. The van der Waals surface area contributed by atoms with Crippen LogP contribution in [0.15, 0.2) is 65.8 Å². The summed E-state index contributed by atoms with van der Waals surface area (Å²) in [5.74, 6) is 0. The molecule has 1 N–H and O–H groups in total. The van der Waals surface area contributed by atoms with Crippen molar-refractivity contribution in [3.05, 3.63) is 82.2 Å². The maximum absolute atomic E-state index is 9.56. The summed E-state index contributed by atoms with van der Waals surface area (Å²) in [4.78, 5) is 2.81. The molecule has 0 spiro atoms. The fraction of sp³-hybridized carbons (Fsp3) is 0.368. The van der Waals surface area contributed by atoms with Crippen molar-refractivity contribution < 1.29 is 14.6 Å². The Balaban J connectivity index is 2.02. The summed E-state index contributed by atoms with van der Waals surface area (Å²) >= 11 is 0. The lowest BCUT2D eigenvalue weighted by atomic mass is 10.1. The van der Waals surface area contributed by atoms with Gasteiger partial charge in [0, 0.05) is 4.91 Å². The molecule has 0 aliphatic carbocycles. The van der Waals surface area contributed by atoms with E-state index in [4.69, 9.17) is 15.0 Å². The molecule has 0 radical (unpaired) electrons. The molecule has 0 aliphatic rings. The van der Waals surface area contributed by atoms with Crippen LogP contribution < -0.4 is 0 Å². The Hall–Kier alpha value is -2.37. The van der Waals surface area contributed by atoms with Gasteiger partial charge < -0.3 is 14.6 Å². The van der Waals surface area contributed by atoms with Gasteiger partial charge in [-0.25, -0.2) is 0 Å². The van der Waals surface area contributed by atoms with Gasteiger partial charge in [0.05, 0.1) is 38.1 Å². The molecule has 25 heavy (non-hydrogen) atoms. The molecular formula is C19H23N3O3. The van der Waals surface area contributed by atoms with Gasteiger partial charge in [-0.1, -0.05) is 65.8 Å². The third kappa shape index (κ3) is 6.21. The highest BCUT2D eigenvalue weighted by molar-refractivity contribution is 5.14. The van der Waals surface area contributed by atoms with Gasteiger partial charge in [-0.05, 0) is 23.6 Å². The topological polar surface area (TPSA) is 87.5 Å². The van der Waals surface area contributed by atoms with Crippen LogP contribution in [0.3, 0.4) is 0 Å². The van der Waals surface area contributed by atoms with Crippen LogP contribution >= 0.6 is 0 Å². The summed E-state index contributed by atoms with van der Waals surface area (Å²) in [6.07, 6.45) is -0.906. The van der Waals surface area contributed by atoms with Gasteiger partial charge in [-0.15, -0.1) is 0 Å². The van der Waals surface area contributed by atoms with Crippen molar-refractivity contribution in [1.29, 1.82) is 0 Å². The second-order valence-electron chi connectivity index (χ2n) is 5.72. The number of hydrogen-bond acceptors (Lipinski definition) is 4. The third-order valence-electron chi connectivity index (χ3n) is 3.87. The van der Waals surface area contributed by atoms with E-state index in [9.17, 15) is 5.11 Å². The maximum Gasteiger partial charge on any atom is 0.0945 e. The Morgan fingerprint density at radius 3 is 1.96 bits per heavy atom. The lowest BCUT2D eigenvalue weighted by Crippen LogP contribution is -2.40. The van der Waals surface area contributed by atoms with Crippen molar-refractivity contribution in [2.45, 2.75) is 38.4 Å². The van der Waals surface area contributed by atoms with E-state index < -0.39 is 12.1 Å². The molecule has 0 amide bonds. The first kappa shape index (κ1) is 19.0. The highest BCUT2D eigenvalue weighted by Gasteiger charge is 2.27. The quantitative estimate of drug-likeness (QED) is 0.404. The number of benzene rings is 2. The van der Waals surface area contributed by atoms with E-state index in [0.717, 1.165) is 11.1 Å². The highest BCUT2D eigenvalue weighted by atomic mass is 16.5. The molecule has 0 saturated heterocycles. The minimum absolute atomic E-state index is 0.303. The molecule has 2 aromatic carbocycles. The van der Waals surface area contributed by atoms with Crippen molar-refractivity contribution in [3.8, 4) is 0 Å². The molecule has 0 aliphatic heterocycles. The zero-order valence-corrected chi connectivity index (χ0v) is 14.2. The molecule has 3 atom stereocenters. The van der Waals surface area contributed by atoms with E-state index in [2.05, 4.69) is 10.0 Å². The molecule has 0 aromatic heterocycles. The van der Waals surface area contributed by atoms with E-state index in [-0.39, 0.29) is 12.7 Å². The first-order chi connectivity index (χ1) is 12.2. The summed E-state index contributed by atoms with van der Waals surface area (Å²) in [6.45, 7) is 2.32. The van der Waals surface area contributed by atoms with Crippen LogP contribution in [-0.4, -0.2) is 30.0 Å². The molecule has 2 aromatic rings. The first-order valence-corrected chi connectivity index (χ1v) is 8.20. The number of rotatable bonds is 10. The summed E-state index contributed by atoms with van der Waals surface area (Å²) < 4.78 is 11.8. The zero-order chi connectivity index (χ0) is 17.9. The number of aliphatic hydroxyl groups excluding tert-OH is 1. The second kappa shape index (κ2) is 10.5. The monoisotopic (exact) mass is 341 g/mol. The third-order valence-corrected chi connectivity index (χ3v) is 3.87. The molecule has 1 unspecified atom stereocenters. The first-order valence-electron chi connectivity index (χ1n) is 8.20. The number of azide groups is 1. The van der Waals surface area contributed by atoms with Gasteiger partial charge >= 0.3 is 0 Å². The van der Waals surface area contributed by atoms with Gasteiger partial charge in [0.1, 0.15) is 0 Å². The molecule has 0 saturated carbocycles. The Labute approximate surface area is 147 Å². The Morgan fingerprint density at radius 2 is 1.48 bits per heavy atom. The molecule has 2 rings (SSSR count). The predicted octanol–water partition coefficient (Wildman–Crippen LogP) is 3.85. The fourth-order valence-electron chi connectivity index (χ4n) is 2.50. The van der Waals surface area contributed by atoms with Crippen LogP contribution in [0.2, 0.25) is 0 Å². The molecule has 6 nitrogen and oxygen atoms in total. The molecular weight excluding hydrogens is 318 g/mol. The predicted molar refractivity (Wildman–Crippen MR) is 95.7 cm³/mol. The molecule has 6 heteroatoms. The van der Waals surface area contributed by atoms with Crippen LogP contribution in [0.25, 0.3) is 10.4 Å². The Kier molecular flexibility index (Phi) is 7.95. The maximum atomic E-state index is 9.56. The van der Waals surface area contributed by atoms with Crippen LogP contribution in [0.4, 0.5) is 0 Å². The molecule has 0 fully saturated rings. The van der Waals surface area contributed by atoms with Crippen LogP contribution in [-0.2, 0) is 22.7 Å². The van der Waals surface area contributed by atoms with E-state index in [1.165, 1.54) is 0 Å². The largest absolute Gasteiger partial charge is 0.396 e. The number of aliphatic hydroxyl groups is 1. The molecule has 0 heterocycles. The molecule has 0 bridgehead atoms. The van der Waals surface area contributed by atoms with Crippen molar-refractivity contribution in [1.82, 2.24) is 0 Å².